The normalized spacial score (nSPS) is 22.1. The van der Waals surface area contributed by atoms with Crippen molar-refractivity contribution >= 4 is 43.4 Å². The summed E-state index contributed by atoms with van der Waals surface area (Å²) in [6.07, 6.45) is 0.424. The molecule has 0 spiro atoms. The molecule has 2 aliphatic heterocycles. The molecule has 1 aliphatic carbocycles. The molecule has 3 amide bonds. The Balaban J connectivity index is 1.75. The van der Waals surface area contributed by atoms with E-state index in [1.807, 2.05) is 0 Å². The van der Waals surface area contributed by atoms with E-state index >= 15 is 0 Å². The van der Waals surface area contributed by atoms with Gasteiger partial charge in [-0.15, -0.1) is 0 Å². The average Bonchev–Trinajstić information content (AvgIpc) is 3.63. The third kappa shape index (κ3) is 9.71. The first-order valence-corrected chi connectivity index (χ1v) is 16.7. The summed E-state index contributed by atoms with van der Waals surface area (Å²) in [5.74, 6) is -2.64. The lowest BCUT2D eigenvalue weighted by molar-refractivity contribution is -0.137. The molecule has 13 nitrogen and oxygen atoms in total. The highest BCUT2D eigenvalue weighted by molar-refractivity contribution is 8.08. The van der Waals surface area contributed by atoms with Crippen molar-refractivity contribution in [3.63, 3.8) is 0 Å². The summed E-state index contributed by atoms with van der Waals surface area (Å²) in [5, 5.41) is -0.807. The number of carbonyl (C=O) groups excluding carboxylic acids is 4. The van der Waals surface area contributed by atoms with Crippen molar-refractivity contribution in [3.05, 3.63) is 0 Å². The minimum Gasteiger partial charge on any atom is -0.444 e. The summed E-state index contributed by atoms with van der Waals surface area (Å²) in [7, 11) is -8.66. The van der Waals surface area contributed by atoms with Gasteiger partial charge in [-0.3, -0.25) is 14.4 Å². The lowest BCUT2D eigenvalue weighted by Gasteiger charge is -2.28. The molecular formula is C24H39N3O10S2. The second kappa shape index (κ2) is 12.5. The predicted octanol–water partition coefficient (Wildman–Crippen LogP) is -0.114. The largest absolute Gasteiger partial charge is 0.444 e. The molecule has 2 atom stereocenters. The molecule has 2 unspecified atom stereocenters. The molecule has 0 bridgehead atoms. The van der Waals surface area contributed by atoms with Crippen LogP contribution in [0.3, 0.4) is 0 Å². The Hall–Kier alpha value is -2.26. The van der Waals surface area contributed by atoms with Crippen molar-refractivity contribution in [2.24, 2.45) is 5.92 Å². The first-order chi connectivity index (χ1) is 18.1. The second-order valence-electron chi connectivity index (χ2n) is 11.4. The molecule has 2 heterocycles. The lowest BCUT2D eigenvalue weighted by Crippen LogP contribution is -2.52. The van der Waals surface area contributed by atoms with Crippen molar-refractivity contribution < 1.29 is 45.5 Å². The minimum absolute atomic E-state index is 0.0935. The van der Waals surface area contributed by atoms with Crippen LogP contribution in [0.4, 0.5) is 4.79 Å². The van der Waals surface area contributed by atoms with E-state index in [-0.39, 0.29) is 57.5 Å². The fraction of sp³-hybridized carbons (Fsp3) is 0.833. The number of nitrogens with one attached hydrogen (secondary N) is 1. The number of likely N-dealkylation sites (tertiary alicyclic amines) is 1. The predicted molar refractivity (Wildman–Crippen MR) is 140 cm³/mol. The zero-order valence-electron chi connectivity index (χ0n) is 22.7. The highest BCUT2D eigenvalue weighted by Gasteiger charge is 2.42. The fourth-order valence-corrected chi connectivity index (χ4v) is 9.32. The summed E-state index contributed by atoms with van der Waals surface area (Å²) in [5.41, 5.74) is -0.769. The maximum atomic E-state index is 13.3. The topological polar surface area (TPSA) is 174 Å². The van der Waals surface area contributed by atoms with Crippen LogP contribution in [-0.2, 0) is 43.5 Å². The fourth-order valence-electron chi connectivity index (χ4n) is 4.43. The van der Waals surface area contributed by atoms with Gasteiger partial charge in [-0.05, 0) is 52.4 Å². The molecule has 1 N–H and O–H groups in total. The standard InChI is InChI=1S/C24H39N3O10S2/c1-24(2,3)37-23(31)27-8-4-5-18(19(28)14-27)25-22(30)20(13-21(29)26-9-11-36-12-10-26)39(34,35)16-38(32,33)15-17-6-7-17/h17-18,20H,4-16H2,1-3H3,(H,25,30). The van der Waals surface area contributed by atoms with Crippen molar-refractivity contribution in [2.75, 3.05) is 50.2 Å². The molecule has 2 saturated heterocycles. The smallest absolute Gasteiger partial charge is 0.410 e. The molecule has 222 valence electrons. The van der Waals surface area contributed by atoms with Crippen LogP contribution in [0.25, 0.3) is 0 Å². The monoisotopic (exact) mass is 593 g/mol. The quantitative estimate of drug-likeness (QED) is 0.380. The molecule has 0 aromatic heterocycles. The summed E-state index contributed by atoms with van der Waals surface area (Å²) in [4.78, 5) is 54.2. The maximum Gasteiger partial charge on any atom is 0.410 e. The van der Waals surface area contributed by atoms with Crippen LogP contribution < -0.4 is 5.32 Å². The number of ether oxygens (including phenoxy) is 2. The Kier molecular flexibility index (Phi) is 10.0. The van der Waals surface area contributed by atoms with Crippen LogP contribution >= 0.6 is 0 Å². The third-order valence-corrected chi connectivity index (χ3v) is 11.6. The summed E-state index contributed by atoms with van der Waals surface area (Å²) in [6.45, 7) is 5.88. The van der Waals surface area contributed by atoms with E-state index in [9.17, 15) is 36.0 Å². The van der Waals surface area contributed by atoms with Gasteiger partial charge in [0.05, 0.1) is 38.0 Å². The highest BCUT2D eigenvalue weighted by atomic mass is 32.3. The zero-order chi connectivity index (χ0) is 29.0. The second-order valence-corrected chi connectivity index (χ2v) is 16.0. The van der Waals surface area contributed by atoms with E-state index in [0.29, 0.717) is 19.3 Å². The molecule has 15 heteroatoms. The van der Waals surface area contributed by atoms with Crippen molar-refractivity contribution in [2.45, 2.75) is 69.8 Å². The van der Waals surface area contributed by atoms with Crippen LogP contribution in [-0.4, -0.2) is 117 Å². The Morgan fingerprint density at radius 1 is 1.03 bits per heavy atom. The molecule has 3 aliphatic rings. The van der Waals surface area contributed by atoms with Gasteiger partial charge in [0.25, 0.3) is 0 Å². The number of carbonyl (C=O) groups is 4. The molecule has 0 radical (unpaired) electrons. The number of ketones is 1. The van der Waals surface area contributed by atoms with Crippen LogP contribution in [0.15, 0.2) is 0 Å². The van der Waals surface area contributed by atoms with Gasteiger partial charge in [-0.1, -0.05) is 0 Å². The van der Waals surface area contributed by atoms with Gasteiger partial charge in [0.1, 0.15) is 10.9 Å². The summed E-state index contributed by atoms with van der Waals surface area (Å²) in [6, 6.07) is -1.11. The third-order valence-electron chi connectivity index (χ3n) is 6.60. The molecule has 3 rings (SSSR count). The number of morpholine rings is 1. The Morgan fingerprint density at radius 2 is 1.67 bits per heavy atom. The van der Waals surface area contributed by atoms with Crippen LogP contribution in [0, 0.1) is 5.92 Å². The van der Waals surface area contributed by atoms with Crippen molar-refractivity contribution in [1.29, 1.82) is 0 Å². The van der Waals surface area contributed by atoms with Gasteiger partial charge in [0.2, 0.25) is 11.8 Å². The molecule has 0 aromatic rings. The SMILES string of the molecule is CC(C)(C)OC(=O)N1CCCC(NC(=O)C(CC(=O)N2CCOCC2)S(=O)(=O)CS(=O)(=O)CC2CC2)C(=O)C1. The number of Topliss-reactive ketones (excluding diaryl/α,β-unsaturated/α-hetero) is 1. The van der Waals surface area contributed by atoms with E-state index in [0.717, 1.165) is 0 Å². The summed E-state index contributed by atoms with van der Waals surface area (Å²) < 4.78 is 62.2. The molecule has 1 saturated carbocycles. The first kappa shape index (κ1) is 31.3. The number of sulfone groups is 2. The molecule has 3 fully saturated rings. The number of hydrogen-bond donors (Lipinski definition) is 1. The lowest BCUT2D eigenvalue weighted by atomic mass is 10.1. The van der Waals surface area contributed by atoms with Crippen molar-refractivity contribution in [3.8, 4) is 0 Å². The van der Waals surface area contributed by atoms with Gasteiger partial charge < -0.3 is 24.6 Å². The molecule has 0 aromatic carbocycles. The number of nitrogens with zero attached hydrogens (tertiary/aromatic N) is 2. The van der Waals surface area contributed by atoms with E-state index in [1.165, 1.54) is 9.80 Å². The van der Waals surface area contributed by atoms with Gasteiger partial charge in [-0.2, -0.15) is 0 Å². The molecule has 39 heavy (non-hydrogen) atoms. The Bertz CT molecular complexity index is 1150. The van der Waals surface area contributed by atoms with Crippen LogP contribution in [0.2, 0.25) is 0 Å². The maximum absolute atomic E-state index is 13.3. The molecular weight excluding hydrogens is 554 g/mol. The van der Waals surface area contributed by atoms with Crippen molar-refractivity contribution in [1.82, 2.24) is 15.1 Å². The first-order valence-electron chi connectivity index (χ1n) is 13.1. The highest BCUT2D eigenvalue weighted by Crippen LogP contribution is 2.31. The average molecular weight is 594 g/mol. The number of amides is 3. The number of rotatable bonds is 9. The minimum atomic E-state index is -4.63. The van der Waals surface area contributed by atoms with E-state index < -0.39 is 71.8 Å². The number of hydrogen-bond acceptors (Lipinski definition) is 10. The van der Waals surface area contributed by atoms with Gasteiger partial charge in [0, 0.05) is 19.6 Å². The van der Waals surface area contributed by atoms with Gasteiger partial charge in [0.15, 0.2) is 30.5 Å². The summed E-state index contributed by atoms with van der Waals surface area (Å²) >= 11 is 0. The zero-order valence-corrected chi connectivity index (χ0v) is 24.4. The van der Waals surface area contributed by atoms with Gasteiger partial charge in [-0.25, -0.2) is 21.6 Å². The van der Waals surface area contributed by atoms with E-state index in [2.05, 4.69) is 5.32 Å². The van der Waals surface area contributed by atoms with Crippen LogP contribution in [0.5, 0.6) is 0 Å². The van der Waals surface area contributed by atoms with Crippen LogP contribution in [0.1, 0.15) is 52.9 Å². The Morgan fingerprint density at radius 3 is 2.26 bits per heavy atom. The van der Waals surface area contributed by atoms with Gasteiger partial charge >= 0.3 is 6.09 Å². The Labute approximate surface area is 229 Å². The van der Waals surface area contributed by atoms with E-state index in [4.69, 9.17) is 9.47 Å². The van der Waals surface area contributed by atoms with E-state index in [1.54, 1.807) is 20.8 Å².